The van der Waals surface area contributed by atoms with Gasteiger partial charge in [-0.25, -0.2) is 4.79 Å². The third-order valence-electron chi connectivity index (χ3n) is 5.01. The number of benzene rings is 1. The van der Waals surface area contributed by atoms with Crippen LogP contribution in [0, 0.1) is 0 Å². The van der Waals surface area contributed by atoms with E-state index in [0.717, 1.165) is 12.8 Å². The molecule has 1 rings (SSSR count). The average Bonchev–Trinajstić information content (AvgIpc) is 2.70. The van der Waals surface area contributed by atoms with Crippen molar-refractivity contribution < 1.29 is 14.6 Å². The second-order valence-corrected chi connectivity index (χ2v) is 7.59. The monoisotopic (exact) mass is 388 g/mol. The van der Waals surface area contributed by atoms with E-state index in [0.29, 0.717) is 6.61 Å². The molecule has 0 spiro atoms. The molecule has 0 radical (unpaired) electrons. The molecule has 0 aromatic heterocycles. The third kappa shape index (κ3) is 12.6. The molecule has 1 aromatic rings. The molecular formula is C25H40O3. The number of unbranched alkanes of at least 4 members (excludes halogenated alkanes) is 12. The van der Waals surface area contributed by atoms with Crippen LogP contribution in [0.25, 0.3) is 0 Å². The van der Waals surface area contributed by atoms with Crippen molar-refractivity contribution in [3.05, 3.63) is 42.0 Å². The zero-order valence-electron chi connectivity index (χ0n) is 17.8. The van der Waals surface area contributed by atoms with Gasteiger partial charge in [0.15, 0.2) is 0 Å². The van der Waals surface area contributed by atoms with Gasteiger partial charge in [0, 0.05) is 0 Å². The number of hydrogen-bond donors (Lipinski definition) is 1. The van der Waals surface area contributed by atoms with Crippen LogP contribution < -0.4 is 0 Å². The average molecular weight is 389 g/mol. The van der Waals surface area contributed by atoms with Gasteiger partial charge >= 0.3 is 5.97 Å². The summed E-state index contributed by atoms with van der Waals surface area (Å²) >= 11 is 0. The fourth-order valence-corrected chi connectivity index (χ4v) is 3.24. The van der Waals surface area contributed by atoms with Crippen LogP contribution in [0.5, 0.6) is 5.75 Å². The topological polar surface area (TPSA) is 46.5 Å². The molecule has 3 heteroatoms. The van der Waals surface area contributed by atoms with Crippen molar-refractivity contribution in [2.75, 3.05) is 6.61 Å². The Balaban J connectivity index is 1.85. The van der Waals surface area contributed by atoms with E-state index in [2.05, 4.69) is 19.1 Å². The maximum absolute atomic E-state index is 11.8. The molecule has 0 atom stereocenters. The molecule has 0 heterocycles. The Morgan fingerprint density at radius 1 is 0.821 bits per heavy atom. The normalized spacial score (nSPS) is 11.2. The second kappa shape index (κ2) is 17.3. The van der Waals surface area contributed by atoms with Crippen LogP contribution in [-0.2, 0) is 4.74 Å². The number of phenols is 1. The van der Waals surface area contributed by atoms with Crippen LogP contribution in [0.15, 0.2) is 36.4 Å². The van der Waals surface area contributed by atoms with Crippen LogP contribution in [0.1, 0.15) is 107 Å². The van der Waals surface area contributed by atoms with Gasteiger partial charge in [-0.3, -0.25) is 0 Å². The molecule has 1 aromatic carbocycles. The highest BCUT2D eigenvalue weighted by atomic mass is 16.5. The summed E-state index contributed by atoms with van der Waals surface area (Å²) in [4.78, 5) is 11.8. The lowest BCUT2D eigenvalue weighted by atomic mass is 10.1. The molecule has 0 aliphatic carbocycles. The van der Waals surface area contributed by atoms with Crippen molar-refractivity contribution in [3.63, 3.8) is 0 Å². The summed E-state index contributed by atoms with van der Waals surface area (Å²) in [7, 11) is 0. The molecular weight excluding hydrogens is 348 g/mol. The van der Waals surface area contributed by atoms with Gasteiger partial charge in [0.05, 0.1) is 6.61 Å². The summed E-state index contributed by atoms with van der Waals surface area (Å²) in [5.74, 6) is -0.459. The number of carbonyl (C=O) groups is 1. The van der Waals surface area contributed by atoms with E-state index in [1.807, 2.05) is 0 Å². The number of carbonyl (C=O) groups excluding carboxylic acids is 1. The minimum atomic E-state index is -0.439. The summed E-state index contributed by atoms with van der Waals surface area (Å²) in [6, 6.07) is 6.50. The molecule has 0 amide bonds. The van der Waals surface area contributed by atoms with Gasteiger partial charge in [0.2, 0.25) is 0 Å². The summed E-state index contributed by atoms with van der Waals surface area (Å²) in [5, 5.41) is 9.62. The lowest BCUT2D eigenvalue weighted by molar-refractivity contribution is 0.0494. The Hall–Kier alpha value is -1.77. The molecule has 0 saturated heterocycles. The van der Waals surface area contributed by atoms with Crippen molar-refractivity contribution in [2.24, 2.45) is 0 Å². The largest absolute Gasteiger partial charge is 0.507 e. The Morgan fingerprint density at radius 3 is 1.96 bits per heavy atom. The third-order valence-corrected chi connectivity index (χ3v) is 5.01. The Kier molecular flexibility index (Phi) is 15.0. The molecule has 0 fully saturated rings. The number of para-hydroxylation sites is 1. The lowest BCUT2D eigenvalue weighted by Crippen LogP contribution is -2.06. The van der Waals surface area contributed by atoms with E-state index < -0.39 is 5.97 Å². The second-order valence-electron chi connectivity index (χ2n) is 7.59. The quantitative estimate of drug-likeness (QED) is 0.170. The van der Waals surface area contributed by atoms with Gasteiger partial charge in [-0.05, 0) is 44.2 Å². The van der Waals surface area contributed by atoms with Gasteiger partial charge in [-0.2, -0.15) is 0 Å². The summed E-state index contributed by atoms with van der Waals surface area (Å²) in [5.41, 5.74) is 0.243. The highest BCUT2D eigenvalue weighted by Crippen LogP contribution is 2.17. The van der Waals surface area contributed by atoms with Crippen LogP contribution in [-0.4, -0.2) is 17.7 Å². The number of ether oxygens (including phenoxy) is 1. The first kappa shape index (κ1) is 24.3. The summed E-state index contributed by atoms with van der Waals surface area (Å²) < 4.78 is 5.22. The van der Waals surface area contributed by atoms with Gasteiger partial charge in [0.25, 0.3) is 0 Å². The molecule has 0 unspecified atom stereocenters. The van der Waals surface area contributed by atoms with Crippen molar-refractivity contribution in [2.45, 2.75) is 96.8 Å². The molecule has 3 nitrogen and oxygen atoms in total. The van der Waals surface area contributed by atoms with E-state index >= 15 is 0 Å². The van der Waals surface area contributed by atoms with E-state index in [9.17, 15) is 9.90 Å². The maximum Gasteiger partial charge on any atom is 0.341 e. The molecule has 28 heavy (non-hydrogen) atoms. The van der Waals surface area contributed by atoms with E-state index in [4.69, 9.17) is 4.74 Å². The SMILES string of the molecule is CCCCCCCCC=CCCCCCCCCOC(=O)c1ccccc1O. The highest BCUT2D eigenvalue weighted by Gasteiger charge is 2.10. The minimum Gasteiger partial charge on any atom is -0.507 e. The first-order valence-electron chi connectivity index (χ1n) is 11.4. The first-order valence-corrected chi connectivity index (χ1v) is 11.4. The van der Waals surface area contributed by atoms with Crippen LogP contribution in [0.4, 0.5) is 0 Å². The Bertz CT molecular complexity index is 536. The zero-order chi connectivity index (χ0) is 20.3. The van der Waals surface area contributed by atoms with E-state index in [-0.39, 0.29) is 11.3 Å². The summed E-state index contributed by atoms with van der Waals surface area (Å²) in [6.45, 7) is 2.69. The number of aromatic hydroxyl groups is 1. The van der Waals surface area contributed by atoms with Gasteiger partial charge in [0.1, 0.15) is 11.3 Å². The molecule has 0 aliphatic heterocycles. The van der Waals surface area contributed by atoms with Crippen molar-refractivity contribution in [3.8, 4) is 5.75 Å². The van der Waals surface area contributed by atoms with E-state index in [1.165, 1.54) is 83.1 Å². The fraction of sp³-hybridized carbons (Fsp3) is 0.640. The van der Waals surface area contributed by atoms with Crippen LogP contribution >= 0.6 is 0 Å². The Labute approximate surface area is 172 Å². The van der Waals surface area contributed by atoms with Crippen LogP contribution in [0.2, 0.25) is 0 Å². The zero-order valence-corrected chi connectivity index (χ0v) is 17.8. The van der Waals surface area contributed by atoms with Gasteiger partial charge in [-0.15, -0.1) is 0 Å². The van der Waals surface area contributed by atoms with Crippen molar-refractivity contribution in [1.29, 1.82) is 0 Å². The minimum absolute atomic E-state index is 0.0199. The number of esters is 1. The van der Waals surface area contributed by atoms with Gasteiger partial charge < -0.3 is 9.84 Å². The molecule has 0 aliphatic rings. The van der Waals surface area contributed by atoms with Gasteiger partial charge in [-0.1, -0.05) is 89.0 Å². The molecule has 1 N–H and O–H groups in total. The fourth-order valence-electron chi connectivity index (χ4n) is 3.24. The van der Waals surface area contributed by atoms with Crippen molar-refractivity contribution in [1.82, 2.24) is 0 Å². The van der Waals surface area contributed by atoms with Crippen molar-refractivity contribution >= 4 is 5.97 Å². The predicted molar refractivity (Wildman–Crippen MR) is 118 cm³/mol. The first-order chi connectivity index (χ1) is 13.8. The lowest BCUT2D eigenvalue weighted by Gasteiger charge is -2.06. The predicted octanol–water partition coefficient (Wildman–Crippen LogP) is 7.59. The number of hydrogen-bond acceptors (Lipinski definition) is 3. The molecule has 0 saturated carbocycles. The maximum atomic E-state index is 11.8. The number of phenolic OH excluding ortho intramolecular Hbond substituents is 1. The smallest absolute Gasteiger partial charge is 0.341 e. The Morgan fingerprint density at radius 2 is 1.36 bits per heavy atom. The summed E-state index contributed by atoms with van der Waals surface area (Å²) in [6.07, 6.45) is 22.4. The van der Waals surface area contributed by atoms with Crippen LogP contribution in [0.3, 0.4) is 0 Å². The number of allylic oxidation sites excluding steroid dienone is 2. The molecule has 158 valence electrons. The standard InChI is InChI=1S/C25H40O3/c1-2-3-4-5-6-7-8-9-10-11-12-13-14-15-16-19-22-28-25(27)23-20-17-18-21-24(23)26/h9-10,17-18,20-21,26H,2-8,11-16,19,22H2,1H3. The number of rotatable bonds is 17. The van der Waals surface area contributed by atoms with E-state index in [1.54, 1.807) is 18.2 Å². The highest BCUT2D eigenvalue weighted by molar-refractivity contribution is 5.92. The molecule has 0 bridgehead atoms.